The van der Waals surface area contributed by atoms with Crippen LogP contribution in [0.1, 0.15) is 16.8 Å². The fourth-order valence-corrected chi connectivity index (χ4v) is 2.21. The quantitative estimate of drug-likeness (QED) is 0.810. The van der Waals surface area contributed by atoms with E-state index in [1.807, 2.05) is 26.1 Å². The summed E-state index contributed by atoms with van der Waals surface area (Å²) in [5.41, 5.74) is 4.71. The highest BCUT2D eigenvalue weighted by Gasteiger charge is 2.07. The highest BCUT2D eigenvalue weighted by molar-refractivity contribution is 9.10. The van der Waals surface area contributed by atoms with Crippen LogP contribution in [0.3, 0.4) is 0 Å². The molecular formula is C15H17BrN2. The van der Waals surface area contributed by atoms with E-state index in [0.29, 0.717) is 0 Å². The molecule has 0 aliphatic carbocycles. The SMILES string of the molecule is Cc1cc(C)cc(N(C)c2ccc(Br)c(C)n2)c1. The zero-order chi connectivity index (χ0) is 13.3. The molecule has 1 heterocycles. The van der Waals surface area contributed by atoms with Crippen molar-refractivity contribution in [2.45, 2.75) is 20.8 Å². The van der Waals surface area contributed by atoms with E-state index in [-0.39, 0.29) is 0 Å². The number of hydrogen-bond donors (Lipinski definition) is 0. The Kier molecular flexibility index (Phi) is 3.71. The van der Waals surface area contributed by atoms with Crippen LogP contribution < -0.4 is 4.90 Å². The molecule has 18 heavy (non-hydrogen) atoms. The highest BCUT2D eigenvalue weighted by Crippen LogP contribution is 2.26. The van der Waals surface area contributed by atoms with Crippen molar-refractivity contribution in [1.82, 2.24) is 4.98 Å². The van der Waals surface area contributed by atoms with E-state index < -0.39 is 0 Å². The van der Waals surface area contributed by atoms with Crippen LogP contribution in [-0.2, 0) is 0 Å². The van der Waals surface area contributed by atoms with Crippen LogP contribution in [0.15, 0.2) is 34.8 Å². The van der Waals surface area contributed by atoms with Gasteiger partial charge >= 0.3 is 0 Å². The monoisotopic (exact) mass is 304 g/mol. The van der Waals surface area contributed by atoms with E-state index in [0.717, 1.165) is 16.0 Å². The van der Waals surface area contributed by atoms with Gasteiger partial charge in [0.15, 0.2) is 0 Å². The molecule has 2 nitrogen and oxygen atoms in total. The predicted octanol–water partition coefficient (Wildman–Crippen LogP) is 4.54. The van der Waals surface area contributed by atoms with Gasteiger partial charge < -0.3 is 4.90 Å². The second kappa shape index (κ2) is 5.11. The van der Waals surface area contributed by atoms with Gasteiger partial charge in [-0.3, -0.25) is 0 Å². The average Bonchev–Trinajstić information content (AvgIpc) is 2.30. The predicted molar refractivity (Wildman–Crippen MR) is 80.7 cm³/mol. The van der Waals surface area contributed by atoms with Crippen LogP contribution in [0, 0.1) is 20.8 Å². The minimum Gasteiger partial charge on any atom is -0.329 e. The summed E-state index contributed by atoms with van der Waals surface area (Å²) in [6.45, 7) is 6.23. The highest BCUT2D eigenvalue weighted by atomic mass is 79.9. The van der Waals surface area contributed by atoms with E-state index in [1.165, 1.54) is 16.8 Å². The van der Waals surface area contributed by atoms with Gasteiger partial charge in [-0.05, 0) is 72.1 Å². The van der Waals surface area contributed by atoms with E-state index >= 15 is 0 Å². The molecule has 3 heteroatoms. The molecule has 0 aliphatic rings. The summed E-state index contributed by atoms with van der Waals surface area (Å²) < 4.78 is 1.04. The number of anilines is 2. The molecule has 0 saturated heterocycles. The zero-order valence-electron chi connectivity index (χ0n) is 11.2. The lowest BCUT2D eigenvalue weighted by Gasteiger charge is -2.20. The Morgan fingerprint density at radius 1 is 1.00 bits per heavy atom. The molecule has 94 valence electrons. The lowest BCUT2D eigenvalue weighted by molar-refractivity contribution is 1.08. The van der Waals surface area contributed by atoms with Crippen LogP contribution in [0.4, 0.5) is 11.5 Å². The first-order valence-corrected chi connectivity index (χ1v) is 6.72. The molecule has 0 fully saturated rings. The summed E-state index contributed by atoms with van der Waals surface area (Å²) in [7, 11) is 2.05. The van der Waals surface area contributed by atoms with E-state index in [4.69, 9.17) is 0 Å². The van der Waals surface area contributed by atoms with Gasteiger partial charge in [0.2, 0.25) is 0 Å². The van der Waals surface area contributed by atoms with Crippen molar-refractivity contribution >= 4 is 27.4 Å². The molecule has 0 radical (unpaired) electrons. The van der Waals surface area contributed by atoms with Crippen LogP contribution in [0.2, 0.25) is 0 Å². The van der Waals surface area contributed by atoms with E-state index in [9.17, 15) is 0 Å². The molecule has 0 N–H and O–H groups in total. The summed E-state index contributed by atoms with van der Waals surface area (Å²) in [4.78, 5) is 6.70. The normalized spacial score (nSPS) is 10.5. The second-order valence-corrected chi connectivity index (χ2v) is 5.50. The number of nitrogens with zero attached hydrogens (tertiary/aromatic N) is 2. The Bertz CT molecular complexity index is 558. The van der Waals surface area contributed by atoms with E-state index in [2.05, 4.69) is 57.9 Å². The molecule has 1 aromatic heterocycles. The summed E-state index contributed by atoms with van der Waals surface area (Å²) in [6.07, 6.45) is 0. The summed E-state index contributed by atoms with van der Waals surface area (Å²) in [5, 5.41) is 0. The lowest BCUT2D eigenvalue weighted by atomic mass is 10.1. The molecule has 0 bridgehead atoms. The smallest absolute Gasteiger partial charge is 0.133 e. The van der Waals surface area contributed by atoms with Gasteiger partial charge in [0, 0.05) is 17.2 Å². The molecule has 0 saturated carbocycles. The van der Waals surface area contributed by atoms with Crippen molar-refractivity contribution in [3.05, 3.63) is 51.6 Å². The van der Waals surface area contributed by atoms with Crippen molar-refractivity contribution in [1.29, 1.82) is 0 Å². The lowest BCUT2D eigenvalue weighted by Crippen LogP contribution is -2.12. The van der Waals surface area contributed by atoms with Crippen LogP contribution in [-0.4, -0.2) is 12.0 Å². The van der Waals surface area contributed by atoms with E-state index in [1.54, 1.807) is 0 Å². The van der Waals surface area contributed by atoms with Crippen LogP contribution >= 0.6 is 15.9 Å². The van der Waals surface area contributed by atoms with Gasteiger partial charge in [0.05, 0.1) is 5.69 Å². The van der Waals surface area contributed by atoms with Crippen LogP contribution in [0.5, 0.6) is 0 Å². The van der Waals surface area contributed by atoms with Gasteiger partial charge in [-0.1, -0.05) is 6.07 Å². The van der Waals surface area contributed by atoms with Gasteiger partial charge in [0.25, 0.3) is 0 Å². The topological polar surface area (TPSA) is 16.1 Å². The fourth-order valence-electron chi connectivity index (χ4n) is 1.99. The molecule has 0 amide bonds. The number of aryl methyl sites for hydroxylation is 3. The minimum atomic E-state index is 0.959. The van der Waals surface area contributed by atoms with Crippen molar-refractivity contribution < 1.29 is 0 Å². The maximum Gasteiger partial charge on any atom is 0.133 e. The number of hydrogen-bond acceptors (Lipinski definition) is 2. The largest absolute Gasteiger partial charge is 0.329 e. The molecule has 2 aromatic rings. The summed E-state index contributed by atoms with van der Waals surface area (Å²) in [5.74, 6) is 0.959. The van der Waals surface area contributed by atoms with Crippen LogP contribution in [0.25, 0.3) is 0 Å². The Hall–Kier alpha value is -1.35. The average molecular weight is 305 g/mol. The standard InChI is InChI=1S/C15H17BrN2/c1-10-7-11(2)9-13(8-10)18(4)15-6-5-14(16)12(3)17-15/h5-9H,1-4H3. The number of pyridine rings is 1. The number of rotatable bonds is 2. The fraction of sp³-hybridized carbons (Fsp3) is 0.267. The number of aromatic nitrogens is 1. The zero-order valence-corrected chi connectivity index (χ0v) is 12.7. The van der Waals surface area contributed by atoms with Crippen molar-refractivity contribution in [2.24, 2.45) is 0 Å². The van der Waals surface area contributed by atoms with Gasteiger partial charge in [-0.15, -0.1) is 0 Å². The Morgan fingerprint density at radius 2 is 1.61 bits per heavy atom. The molecule has 0 aliphatic heterocycles. The molecular weight excluding hydrogens is 288 g/mol. The van der Waals surface area contributed by atoms with Crippen molar-refractivity contribution in [2.75, 3.05) is 11.9 Å². The summed E-state index contributed by atoms with van der Waals surface area (Å²) >= 11 is 3.48. The Balaban J connectivity index is 2.40. The third-order valence-electron chi connectivity index (χ3n) is 2.94. The first kappa shape index (κ1) is 13.1. The Labute approximate surface area is 117 Å². The third-order valence-corrected chi connectivity index (χ3v) is 3.78. The number of benzene rings is 1. The van der Waals surface area contributed by atoms with Crippen molar-refractivity contribution in [3.8, 4) is 0 Å². The molecule has 0 unspecified atom stereocenters. The van der Waals surface area contributed by atoms with Gasteiger partial charge in [0.1, 0.15) is 5.82 Å². The van der Waals surface area contributed by atoms with Gasteiger partial charge in [-0.2, -0.15) is 0 Å². The van der Waals surface area contributed by atoms with Gasteiger partial charge in [-0.25, -0.2) is 4.98 Å². The Morgan fingerprint density at radius 3 is 2.17 bits per heavy atom. The first-order valence-electron chi connectivity index (χ1n) is 5.92. The van der Waals surface area contributed by atoms with Crippen molar-refractivity contribution in [3.63, 3.8) is 0 Å². The second-order valence-electron chi connectivity index (χ2n) is 4.64. The third kappa shape index (κ3) is 2.72. The summed E-state index contributed by atoms with van der Waals surface area (Å²) in [6, 6.07) is 10.6. The molecule has 1 aromatic carbocycles. The minimum absolute atomic E-state index is 0.959. The molecule has 0 atom stereocenters. The maximum atomic E-state index is 4.59. The number of halogens is 1. The molecule has 2 rings (SSSR count). The maximum absolute atomic E-state index is 4.59. The molecule has 0 spiro atoms. The first-order chi connectivity index (χ1) is 8.47.